The second kappa shape index (κ2) is 10.3. The summed E-state index contributed by atoms with van der Waals surface area (Å²) in [6.07, 6.45) is 4.60. The van der Waals surface area contributed by atoms with E-state index in [-0.39, 0.29) is 6.03 Å². The number of thioether (sulfide) groups is 2. The van der Waals surface area contributed by atoms with Crippen LogP contribution in [0.5, 0.6) is 0 Å². The second-order valence-corrected chi connectivity index (χ2v) is 8.81. The van der Waals surface area contributed by atoms with E-state index in [1.54, 1.807) is 29.7 Å². The maximum Gasteiger partial charge on any atom is 0.320 e. The van der Waals surface area contributed by atoms with Crippen LogP contribution in [0.1, 0.15) is 11.1 Å². The van der Waals surface area contributed by atoms with Crippen LogP contribution >= 0.6 is 23.5 Å². The minimum absolute atomic E-state index is 0.284. The van der Waals surface area contributed by atoms with Gasteiger partial charge in [-0.25, -0.2) is 14.8 Å². The third kappa shape index (κ3) is 5.77. The second-order valence-electron chi connectivity index (χ2n) is 6.71. The van der Waals surface area contributed by atoms with Gasteiger partial charge in [0.25, 0.3) is 0 Å². The molecule has 2 heterocycles. The SMILES string of the molecule is Cc1c(CSc2nc3ccccc3[nH]2)cccc1SCCNC(=O)Nc1cnccn1. The number of H-pyrrole nitrogens is 1. The summed E-state index contributed by atoms with van der Waals surface area (Å²) in [7, 11) is 0. The Morgan fingerprint density at radius 1 is 1.10 bits per heavy atom. The first-order valence-electron chi connectivity index (χ1n) is 9.79. The number of para-hydroxylation sites is 2. The lowest BCUT2D eigenvalue weighted by Gasteiger charge is -2.11. The monoisotopic (exact) mass is 450 g/mol. The first-order valence-corrected chi connectivity index (χ1v) is 11.8. The van der Waals surface area contributed by atoms with Gasteiger partial charge in [-0.2, -0.15) is 0 Å². The Morgan fingerprint density at radius 2 is 2.00 bits per heavy atom. The Morgan fingerprint density at radius 3 is 2.84 bits per heavy atom. The molecule has 0 aliphatic heterocycles. The number of hydrogen-bond donors (Lipinski definition) is 3. The number of rotatable bonds is 8. The van der Waals surface area contributed by atoms with Crippen molar-refractivity contribution in [2.75, 3.05) is 17.6 Å². The van der Waals surface area contributed by atoms with Crippen LogP contribution in [0, 0.1) is 6.92 Å². The topological polar surface area (TPSA) is 95.6 Å². The molecule has 0 spiro atoms. The molecule has 2 aromatic carbocycles. The zero-order chi connectivity index (χ0) is 21.5. The number of benzene rings is 2. The van der Waals surface area contributed by atoms with Gasteiger partial charge >= 0.3 is 6.03 Å². The van der Waals surface area contributed by atoms with E-state index in [1.165, 1.54) is 28.4 Å². The van der Waals surface area contributed by atoms with Crippen molar-refractivity contribution >= 4 is 46.4 Å². The molecule has 7 nitrogen and oxygen atoms in total. The van der Waals surface area contributed by atoms with Gasteiger partial charge < -0.3 is 10.3 Å². The number of urea groups is 1. The number of nitrogens with zero attached hydrogens (tertiary/aromatic N) is 3. The van der Waals surface area contributed by atoms with Crippen molar-refractivity contribution < 1.29 is 4.79 Å². The number of amides is 2. The molecule has 3 N–H and O–H groups in total. The van der Waals surface area contributed by atoms with E-state index in [2.05, 4.69) is 55.7 Å². The molecule has 0 saturated carbocycles. The number of hydrogen-bond acceptors (Lipinski definition) is 6. The summed E-state index contributed by atoms with van der Waals surface area (Å²) >= 11 is 3.43. The fourth-order valence-electron chi connectivity index (χ4n) is 2.97. The molecule has 9 heteroatoms. The average molecular weight is 451 g/mol. The van der Waals surface area contributed by atoms with E-state index >= 15 is 0 Å². The number of carbonyl (C=O) groups excluding carboxylic acids is 1. The van der Waals surface area contributed by atoms with Gasteiger partial charge in [-0.15, -0.1) is 11.8 Å². The lowest BCUT2D eigenvalue weighted by Crippen LogP contribution is -2.30. The number of imidazole rings is 1. The molecule has 0 aliphatic rings. The van der Waals surface area contributed by atoms with Crippen molar-refractivity contribution in [1.82, 2.24) is 25.3 Å². The van der Waals surface area contributed by atoms with Crippen LogP contribution in [0.15, 0.2) is 71.1 Å². The molecule has 0 unspecified atom stereocenters. The van der Waals surface area contributed by atoms with Crippen molar-refractivity contribution in [2.24, 2.45) is 0 Å². The first kappa shape index (κ1) is 21.2. The van der Waals surface area contributed by atoms with Gasteiger partial charge in [0.05, 0.1) is 17.2 Å². The van der Waals surface area contributed by atoms with E-state index in [0.717, 1.165) is 27.7 Å². The summed E-state index contributed by atoms with van der Waals surface area (Å²) in [4.78, 5) is 29.1. The highest BCUT2D eigenvalue weighted by Gasteiger charge is 2.08. The summed E-state index contributed by atoms with van der Waals surface area (Å²) in [5, 5.41) is 6.43. The van der Waals surface area contributed by atoms with Crippen LogP contribution in [0.2, 0.25) is 0 Å². The lowest BCUT2D eigenvalue weighted by molar-refractivity contribution is 0.252. The maximum absolute atomic E-state index is 11.9. The smallest absolute Gasteiger partial charge is 0.320 e. The normalized spacial score (nSPS) is 10.9. The average Bonchev–Trinajstić information content (AvgIpc) is 3.20. The zero-order valence-electron chi connectivity index (χ0n) is 17.0. The zero-order valence-corrected chi connectivity index (χ0v) is 18.6. The van der Waals surface area contributed by atoms with Crippen molar-refractivity contribution in [3.8, 4) is 0 Å². The molecular weight excluding hydrogens is 428 g/mol. The number of nitrogens with one attached hydrogen (secondary N) is 3. The molecule has 0 radical (unpaired) electrons. The molecule has 31 heavy (non-hydrogen) atoms. The minimum atomic E-state index is -0.284. The van der Waals surface area contributed by atoms with Crippen molar-refractivity contribution in [3.05, 3.63) is 72.2 Å². The molecule has 0 fully saturated rings. The predicted octanol–water partition coefficient (Wildman–Crippen LogP) is 4.87. The van der Waals surface area contributed by atoms with Crippen LogP contribution in [0.25, 0.3) is 11.0 Å². The molecule has 0 saturated heterocycles. The summed E-state index contributed by atoms with van der Waals surface area (Å²) in [6.45, 7) is 2.69. The molecule has 0 bridgehead atoms. The van der Waals surface area contributed by atoms with Gasteiger partial charge in [0.2, 0.25) is 0 Å². The van der Waals surface area contributed by atoms with Crippen molar-refractivity contribution in [3.63, 3.8) is 0 Å². The number of aromatic nitrogens is 4. The van der Waals surface area contributed by atoms with Gasteiger partial charge in [-0.3, -0.25) is 10.3 Å². The fraction of sp³-hybridized carbons (Fsp3) is 0.182. The summed E-state index contributed by atoms with van der Waals surface area (Å²) in [5.74, 6) is 2.05. The first-order chi connectivity index (χ1) is 15.2. The van der Waals surface area contributed by atoms with Gasteiger partial charge in [-0.05, 0) is 36.2 Å². The van der Waals surface area contributed by atoms with E-state index < -0.39 is 0 Å². The molecule has 4 rings (SSSR count). The fourth-order valence-corrected chi connectivity index (χ4v) is 4.86. The Bertz CT molecular complexity index is 1130. The standard InChI is InChI=1S/C22H22N6OS2/c1-15-16(14-31-22-26-17-6-2-3-7-18(17)27-22)5-4-8-19(15)30-12-11-25-21(29)28-20-13-23-9-10-24-20/h2-10,13H,11-12,14H2,1H3,(H,26,27)(H2,24,25,28,29). The molecule has 2 aromatic heterocycles. The molecule has 2 amide bonds. The molecule has 158 valence electrons. The summed E-state index contributed by atoms with van der Waals surface area (Å²) < 4.78 is 0. The largest absolute Gasteiger partial charge is 0.337 e. The van der Waals surface area contributed by atoms with Gasteiger partial charge in [0, 0.05) is 35.3 Å². The third-order valence-electron chi connectivity index (χ3n) is 4.58. The summed E-state index contributed by atoms with van der Waals surface area (Å²) in [6, 6.07) is 14.1. The third-order valence-corrected chi connectivity index (χ3v) is 6.66. The number of fused-ring (bicyclic) bond motifs is 1. The van der Waals surface area contributed by atoms with Gasteiger partial charge in [0.1, 0.15) is 0 Å². The number of anilines is 1. The Balaban J connectivity index is 1.26. The lowest BCUT2D eigenvalue weighted by atomic mass is 10.1. The predicted molar refractivity (Wildman–Crippen MR) is 127 cm³/mol. The van der Waals surface area contributed by atoms with Gasteiger partial charge in [-0.1, -0.05) is 36.0 Å². The molecule has 4 aromatic rings. The van der Waals surface area contributed by atoms with E-state index in [4.69, 9.17) is 0 Å². The van der Waals surface area contributed by atoms with Crippen LogP contribution in [-0.4, -0.2) is 38.3 Å². The Hall–Kier alpha value is -3.04. The van der Waals surface area contributed by atoms with Crippen molar-refractivity contribution in [1.29, 1.82) is 0 Å². The highest BCUT2D eigenvalue weighted by molar-refractivity contribution is 7.99. The minimum Gasteiger partial charge on any atom is -0.337 e. The van der Waals surface area contributed by atoms with Crippen LogP contribution in [0.4, 0.5) is 10.6 Å². The van der Waals surface area contributed by atoms with E-state index in [0.29, 0.717) is 12.4 Å². The number of aromatic amines is 1. The van der Waals surface area contributed by atoms with Gasteiger partial charge in [0.15, 0.2) is 11.0 Å². The highest BCUT2D eigenvalue weighted by Crippen LogP contribution is 2.29. The summed E-state index contributed by atoms with van der Waals surface area (Å²) in [5.41, 5.74) is 4.59. The van der Waals surface area contributed by atoms with Crippen molar-refractivity contribution in [2.45, 2.75) is 22.7 Å². The maximum atomic E-state index is 11.9. The van der Waals surface area contributed by atoms with Crippen LogP contribution < -0.4 is 10.6 Å². The van der Waals surface area contributed by atoms with Crippen LogP contribution in [-0.2, 0) is 5.75 Å². The molecule has 0 atom stereocenters. The molecule has 0 aliphatic carbocycles. The Labute approximate surface area is 188 Å². The van der Waals surface area contributed by atoms with E-state index in [9.17, 15) is 4.79 Å². The van der Waals surface area contributed by atoms with Crippen LogP contribution in [0.3, 0.4) is 0 Å². The Kier molecular flexibility index (Phi) is 7.06. The van der Waals surface area contributed by atoms with E-state index in [1.807, 2.05) is 24.3 Å². The number of carbonyl (C=O) groups is 1. The quantitative estimate of drug-likeness (QED) is 0.262. The molecular formula is C22H22N6OS2. The highest BCUT2D eigenvalue weighted by atomic mass is 32.2.